The van der Waals surface area contributed by atoms with Gasteiger partial charge in [0.1, 0.15) is 5.76 Å². The molecule has 0 radical (unpaired) electrons. The summed E-state index contributed by atoms with van der Waals surface area (Å²) in [7, 11) is 1.34. The lowest BCUT2D eigenvalue weighted by atomic mass is 10.1. The van der Waals surface area contributed by atoms with Crippen molar-refractivity contribution in [3.63, 3.8) is 0 Å². The molecule has 0 bridgehead atoms. The summed E-state index contributed by atoms with van der Waals surface area (Å²) in [6.45, 7) is 5.71. The molecular formula is C17H25NO5. The summed E-state index contributed by atoms with van der Waals surface area (Å²) in [6.07, 6.45) is 5.32. The molecule has 0 N–H and O–H groups in total. The van der Waals surface area contributed by atoms with Gasteiger partial charge >= 0.3 is 5.97 Å². The maximum atomic E-state index is 12.4. The van der Waals surface area contributed by atoms with Crippen LogP contribution in [-0.4, -0.2) is 50.2 Å². The Morgan fingerprint density at radius 2 is 2.22 bits per heavy atom. The summed E-state index contributed by atoms with van der Waals surface area (Å²) in [5, 5.41) is 0. The van der Waals surface area contributed by atoms with Gasteiger partial charge in [-0.3, -0.25) is 9.59 Å². The van der Waals surface area contributed by atoms with E-state index in [9.17, 15) is 9.59 Å². The average Bonchev–Trinajstić information content (AvgIpc) is 3.07. The van der Waals surface area contributed by atoms with E-state index >= 15 is 0 Å². The number of nitrogens with zero attached hydrogens (tertiary/aromatic N) is 1. The zero-order valence-electron chi connectivity index (χ0n) is 14.0. The van der Waals surface area contributed by atoms with Crippen molar-refractivity contribution >= 4 is 18.0 Å². The minimum absolute atomic E-state index is 0.173. The van der Waals surface area contributed by atoms with Gasteiger partial charge in [0.05, 0.1) is 19.3 Å². The zero-order chi connectivity index (χ0) is 17.1. The average molecular weight is 323 g/mol. The van der Waals surface area contributed by atoms with Crippen molar-refractivity contribution in [1.82, 2.24) is 4.90 Å². The van der Waals surface area contributed by atoms with E-state index in [0.29, 0.717) is 38.5 Å². The van der Waals surface area contributed by atoms with Crippen molar-refractivity contribution in [1.29, 1.82) is 0 Å². The van der Waals surface area contributed by atoms with Crippen LogP contribution in [0.5, 0.6) is 0 Å². The lowest BCUT2D eigenvalue weighted by Crippen LogP contribution is -2.37. The number of furan rings is 1. The number of hydrogen-bond donors (Lipinski definition) is 0. The van der Waals surface area contributed by atoms with Crippen LogP contribution in [0.3, 0.4) is 0 Å². The molecule has 6 heteroatoms. The predicted molar refractivity (Wildman–Crippen MR) is 86.6 cm³/mol. The fourth-order valence-corrected chi connectivity index (χ4v) is 2.04. The van der Waals surface area contributed by atoms with Gasteiger partial charge in [-0.15, -0.1) is 0 Å². The van der Waals surface area contributed by atoms with Crippen LogP contribution in [-0.2, 0) is 19.1 Å². The maximum Gasteiger partial charge on any atom is 0.310 e. The van der Waals surface area contributed by atoms with E-state index in [-0.39, 0.29) is 17.8 Å². The molecule has 128 valence electrons. The van der Waals surface area contributed by atoms with Crippen molar-refractivity contribution in [2.45, 2.75) is 20.3 Å². The summed E-state index contributed by atoms with van der Waals surface area (Å²) in [5.41, 5.74) is 0. The second-order valence-corrected chi connectivity index (χ2v) is 5.11. The molecule has 0 aliphatic carbocycles. The topological polar surface area (TPSA) is 69.0 Å². The molecule has 0 aliphatic heterocycles. The van der Waals surface area contributed by atoms with Gasteiger partial charge in [-0.05, 0) is 31.6 Å². The van der Waals surface area contributed by atoms with Crippen LogP contribution in [0, 0.1) is 5.92 Å². The van der Waals surface area contributed by atoms with Gasteiger partial charge in [0.2, 0.25) is 5.91 Å². The minimum atomic E-state index is -0.381. The monoisotopic (exact) mass is 323 g/mol. The van der Waals surface area contributed by atoms with Gasteiger partial charge in [0.15, 0.2) is 0 Å². The van der Waals surface area contributed by atoms with Gasteiger partial charge in [-0.1, -0.05) is 6.92 Å². The Morgan fingerprint density at radius 3 is 2.83 bits per heavy atom. The molecule has 0 saturated carbocycles. The lowest BCUT2D eigenvalue weighted by Gasteiger charge is -2.23. The molecule has 23 heavy (non-hydrogen) atoms. The Hall–Kier alpha value is -2.08. The Balaban J connectivity index is 2.64. The Bertz CT molecular complexity index is 495. The number of rotatable bonds is 10. The Morgan fingerprint density at radius 1 is 1.43 bits per heavy atom. The van der Waals surface area contributed by atoms with Gasteiger partial charge in [0, 0.05) is 32.4 Å². The van der Waals surface area contributed by atoms with E-state index in [2.05, 4.69) is 0 Å². The zero-order valence-corrected chi connectivity index (χ0v) is 14.0. The van der Waals surface area contributed by atoms with Gasteiger partial charge in [0.25, 0.3) is 0 Å². The van der Waals surface area contributed by atoms with E-state index in [4.69, 9.17) is 13.9 Å². The summed E-state index contributed by atoms with van der Waals surface area (Å²) in [5.74, 6) is -0.280. The highest BCUT2D eigenvalue weighted by Crippen LogP contribution is 2.07. The molecular weight excluding hydrogens is 298 g/mol. The van der Waals surface area contributed by atoms with Gasteiger partial charge in [-0.2, -0.15) is 0 Å². The summed E-state index contributed by atoms with van der Waals surface area (Å²) < 4.78 is 15.2. The van der Waals surface area contributed by atoms with Gasteiger partial charge in [-0.25, -0.2) is 0 Å². The molecule has 0 unspecified atom stereocenters. The number of amides is 1. The standard InChI is InChI=1S/C17H25NO5/c1-4-22-11-6-10-18(13-14(2)17(20)21-3)16(19)9-8-15-7-5-12-23-15/h5,7-9,12,14H,4,6,10-11,13H2,1-3H3/b9-8+/t14-/m0/s1. The molecule has 0 saturated heterocycles. The van der Waals surface area contributed by atoms with Crippen LogP contribution in [0.1, 0.15) is 26.0 Å². The largest absolute Gasteiger partial charge is 0.469 e. The lowest BCUT2D eigenvalue weighted by molar-refractivity contribution is -0.146. The third kappa shape index (κ3) is 7.15. The first-order chi connectivity index (χ1) is 11.1. The number of hydrogen-bond acceptors (Lipinski definition) is 5. The van der Waals surface area contributed by atoms with E-state index in [1.165, 1.54) is 13.2 Å². The van der Waals surface area contributed by atoms with Crippen LogP contribution < -0.4 is 0 Å². The number of esters is 1. The number of methoxy groups -OCH3 is 1. The predicted octanol–water partition coefficient (Wildman–Crippen LogP) is 2.36. The fraction of sp³-hybridized carbons (Fsp3) is 0.529. The van der Waals surface area contributed by atoms with Crippen molar-refractivity contribution in [2.75, 3.05) is 33.4 Å². The van der Waals surface area contributed by atoms with Crippen LogP contribution in [0.4, 0.5) is 0 Å². The third-order valence-corrected chi connectivity index (χ3v) is 3.26. The summed E-state index contributed by atoms with van der Waals surface area (Å²) in [6, 6.07) is 3.52. The highest BCUT2D eigenvalue weighted by molar-refractivity contribution is 5.91. The quantitative estimate of drug-likeness (QED) is 0.375. The molecule has 1 aromatic heterocycles. The van der Waals surface area contributed by atoms with Crippen molar-refractivity contribution in [2.24, 2.45) is 5.92 Å². The molecule has 0 aliphatic rings. The first kappa shape index (κ1) is 19.0. The van der Waals surface area contributed by atoms with Crippen LogP contribution in [0.15, 0.2) is 28.9 Å². The van der Waals surface area contributed by atoms with Crippen molar-refractivity contribution in [3.8, 4) is 0 Å². The Labute approximate surface area is 137 Å². The van der Waals surface area contributed by atoms with E-state index < -0.39 is 0 Å². The van der Waals surface area contributed by atoms with Crippen LogP contribution in [0.25, 0.3) is 6.08 Å². The van der Waals surface area contributed by atoms with E-state index in [1.807, 2.05) is 6.92 Å². The SMILES string of the molecule is CCOCCCN(C[C@H](C)C(=O)OC)C(=O)/C=C/c1ccco1. The molecule has 0 fully saturated rings. The number of carbonyl (C=O) groups excluding carboxylic acids is 2. The minimum Gasteiger partial charge on any atom is -0.469 e. The molecule has 1 atom stereocenters. The Kier molecular flexibility index (Phi) is 8.75. The maximum absolute atomic E-state index is 12.4. The smallest absolute Gasteiger partial charge is 0.310 e. The van der Waals surface area contributed by atoms with Crippen molar-refractivity contribution < 1.29 is 23.5 Å². The third-order valence-electron chi connectivity index (χ3n) is 3.26. The van der Waals surface area contributed by atoms with Crippen LogP contribution in [0.2, 0.25) is 0 Å². The molecule has 1 amide bonds. The first-order valence-electron chi connectivity index (χ1n) is 7.74. The molecule has 1 rings (SSSR count). The molecule has 6 nitrogen and oxygen atoms in total. The molecule has 1 aromatic rings. The summed E-state index contributed by atoms with van der Waals surface area (Å²) >= 11 is 0. The second kappa shape index (κ2) is 10.6. The molecule has 0 spiro atoms. The number of carbonyl (C=O) groups is 2. The van der Waals surface area contributed by atoms with E-state index in [1.54, 1.807) is 36.3 Å². The molecule has 0 aromatic carbocycles. The first-order valence-corrected chi connectivity index (χ1v) is 7.74. The summed E-state index contributed by atoms with van der Waals surface area (Å²) in [4.78, 5) is 25.6. The second-order valence-electron chi connectivity index (χ2n) is 5.11. The van der Waals surface area contributed by atoms with Crippen molar-refractivity contribution in [3.05, 3.63) is 30.2 Å². The highest BCUT2D eigenvalue weighted by atomic mass is 16.5. The highest BCUT2D eigenvalue weighted by Gasteiger charge is 2.20. The van der Waals surface area contributed by atoms with Gasteiger partial charge < -0.3 is 18.8 Å². The van der Waals surface area contributed by atoms with E-state index in [0.717, 1.165) is 0 Å². The number of ether oxygens (including phenoxy) is 2. The fourth-order valence-electron chi connectivity index (χ4n) is 2.04. The molecule has 1 heterocycles. The van der Waals surface area contributed by atoms with Crippen LogP contribution >= 0.6 is 0 Å². The normalized spacial score (nSPS) is 12.3.